The molecule has 0 atom stereocenters. The zero-order chi connectivity index (χ0) is 14.7. The van der Waals surface area contributed by atoms with E-state index in [1.165, 1.54) is 0 Å². The summed E-state index contributed by atoms with van der Waals surface area (Å²) < 4.78 is 0. The van der Waals surface area contributed by atoms with Gasteiger partial charge in [-0.2, -0.15) is 0 Å². The Kier molecular flexibility index (Phi) is 10.2. The van der Waals surface area contributed by atoms with Crippen molar-refractivity contribution in [1.82, 2.24) is 10.6 Å². The lowest BCUT2D eigenvalue weighted by atomic mass is 10.1. The Morgan fingerprint density at radius 1 is 0.842 bits per heavy atom. The van der Waals surface area contributed by atoms with E-state index in [4.69, 9.17) is 0 Å². The van der Waals surface area contributed by atoms with Crippen LogP contribution in [0.1, 0.15) is 59.8 Å². The van der Waals surface area contributed by atoms with Gasteiger partial charge in [-0.25, -0.2) is 0 Å². The molecule has 0 spiro atoms. The fraction of sp³-hybridized carbons (Fsp3) is 0.867. The van der Waals surface area contributed by atoms with Gasteiger partial charge in [-0.3, -0.25) is 9.59 Å². The Labute approximate surface area is 117 Å². The highest BCUT2D eigenvalue weighted by Gasteiger charge is 2.05. The minimum absolute atomic E-state index is 0.0659. The van der Waals surface area contributed by atoms with Gasteiger partial charge in [0.2, 0.25) is 11.8 Å². The van der Waals surface area contributed by atoms with E-state index in [1.54, 1.807) is 0 Å². The lowest BCUT2D eigenvalue weighted by Gasteiger charge is -2.08. The van der Waals surface area contributed by atoms with Crippen LogP contribution in [0.25, 0.3) is 0 Å². The molecule has 0 aromatic carbocycles. The topological polar surface area (TPSA) is 58.2 Å². The minimum atomic E-state index is 0.0659. The van der Waals surface area contributed by atoms with Crippen LogP contribution in [0.2, 0.25) is 0 Å². The van der Waals surface area contributed by atoms with Crippen molar-refractivity contribution in [3.8, 4) is 0 Å². The molecule has 0 aromatic heterocycles. The molecule has 0 rings (SSSR count). The van der Waals surface area contributed by atoms with Gasteiger partial charge in [0.1, 0.15) is 0 Å². The van der Waals surface area contributed by atoms with Gasteiger partial charge in [0.25, 0.3) is 0 Å². The van der Waals surface area contributed by atoms with Crippen LogP contribution in [-0.2, 0) is 9.59 Å². The maximum Gasteiger partial charge on any atom is 0.222 e. The van der Waals surface area contributed by atoms with Crippen LogP contribution in [0.3, 0.4) is 0 Å². The molecular formula is C15H30N2O2. The summed E-state index contributed by atoms with van der Waals surface area (Å²) in [6.07, 6.45) is 4.83. The summed E-state index contributed by atoms with van der Waals surface area (Å²) in [5.74, 6) is 0.765. The highest BCUT2D eigenvalue weighted by Crippen LogP contribution is 2.00. The monoisotopic (exact) mass is 270 g/mol. The average Bonchev–Trinajstić information content (AvgIpc) is 2.31. The molecule has 0 aliphatic rings. The first-order valence-corrected chi connectivity index (χ1v) is 7.48. The normalized spacial score (nSPS) is 10.8. The second kappa shape index (κ2) is 10.8. The van der Waals surface area contributed by atoms with Crippen LogP contribution in [0, 0.1) is 11.8 Å². The van der Waals surface area contributed by atoms with Gasteiger partial charge in [-0.15, -0.1) is 0 Å². The molecule has 0 bridgehead atoms. The maximum atomic E-state index is 11.4. The molecule has 2 amide bonds. The van der Waals surface area contributed by atoms with E-state index in [0.717, 1.165) is 38.8 Å². The first kappa shape index (κ1) is 17.9. The predicted octanol–water partition coefficient (Wildman–Crippen LogP) is 2.48. The minimum Gasteiger partial charge on any atom is -0.356 e. The number of unbranched alkanes of at least 4 members (excludes halogenated alkanes) is 3. The number of hydrogen-bond acceptors (Lipinski definition) is 2. The summed E-state index contributed by atoms with van der Waals surface area (Å²) >= 11 is 0. The van der Waals surface area contributed by atoms with Crippen LogP contribution in [0.15, 0.2) is 0 Å². The van der Waals surface area contributed by atoms with Crippen molar-refractivity contribution in [3.63, 3.8) is 0 Å². The van der Waals surface area contributed by atoms with Crippen LogP contribution >= 0.6 is 0 Å². The number of carbonyl (C=O) groups excluding carboxylic acids is 2. The van der Waals surface area contributed by atoms with E-state index in [1.807, 2.05) is 27.7 Å². The molecule has 0 saturated carbocycles. The van der Waals surface area contributed by atoms with E-state index in [0.29, 0.717) is 12.3 Å². The molecule has 0 heterocycles. The lowest BCUT2D eigenvalue weighted by molar-refractivity contribution is -0.124. The summed E-state index contributed by atoms with van der Waals surface area (Å²) in [5, 5.41) is 5.83. The summed E-state index contributed by atoms with van der Waals surface area (Å²) in [7, 11) is 0. The predicted molar refractivity (Wildman–Crippen MR) is 78.8 cm³/mol. The third-order valence-corrected chi connectivity index (χ3v) is 2.84. The molecule has 4 heteroatoms. The van der Waals surface area contributed by atoms with Gasteiger partial charge in [0, 0.05) is 25.4 Å². The average molecular weight is 270 g/mol. The zero-order valence-corrected chi connectivity index (χ0v) is 12.9. The van der Waals surface area contributed by atoms with Crippen LogP contribution in [0.5, 0.6) is 0 Å². The molecule has 0 fully saturated rings. The third-order valence-electron chi connectivity index (χ3n) is 2.84. The Hall–Kier alpha value is -1.06. The fourth-order valence-electron chi connectivity index (χ4n) is 1.69. The second-order valence-corrected chi connectivity index (χ2v) is 5.81. The Morgan fingerprint density at radius 2 is 1.37 bits per heavy atom. The Morgan fingerprint density at radius 3 is 1.84 bits per heavy atom. The number of amides is 2. The van der Waals surface area contributed by atoms with Crippen molar-refractivity contribution in [2.75, 3.05) is 13.1 Å². The molecule has 0 aromatic rings. The van der Waals surface area contributed by atoms with E-state index < -0.39 is 0 Å². The molecule has 4 nitrogen and oxygen atoms in total. The van der Waals surface area contributed by atoms with E-state index in [-0.39, 0.29) is 17.7 Å². The largest absolute Gasteiger partial charge is 0.356 e. The van der Waals surface area contributed by atoms with Crippen molar-refractivity contribution in [2.24, 2.45) is 11.8 Å². The van der Waals surface area contributed by atoms with Gasteiger partial charge in [0.15, 0.2) is 0 Å². The zero-order valence-electron chi connectivity index (χ0n) is 12.9. The molecule has 112 valence electrons. The van der Waals surface area contributed by atoms with E-state index in [2.05, 4.69) is 10.6 Å². The summed E-state index contributed by atoms with van der Waals surface area (Å²) in [5.41, 5.74) is 0. The van der Waals surface area contributed by atoms with Gasteiger partial charge in [0.05, 0.1) is 0 Å². The number of nitrogens with one attached hydrogen (secondary N) is 2. The summed E-state index contributed by atoms with van der Waals surface area (Å²) in [4.78, 5) is 22.7. The van der Waals surface area contributed by atoms with Gasteiger partial charge < -0.3 is 10.6 Å². The fourth-order valence-corrected chi connectivity index (χ4v) is 1.69. The summed E-state index contributed by atoms with van der Waals surface area (Å²) in [6.45, 7) is 9.42. The molecule has 19 heavy (non-hydrogen) atoms. The maximum absolute atomic E-state index is 11.4. The van der Waals surface area contributed by atoms with Crippen molar-refractivity contribution < 1.29 is 9.59 Å². The van der Waals surface area contributed by atoms with E-state index >= 15 is 0 Å². The van der Waals surface area contributed by atoms with Crippen LogP contribution in [-0.4, -0.2) is 24.9 Å². The molecule has 2 N–H and O–H groups in total. The smallest absolute Gasteiger partial charge is 0.222 e. The molecular weight excluding hydrogens is 240 g/mol. The molecule has 0 radical (unpaired) electrons. The van der Waals surface area contributed by atoms with Crippen LogP contribution < -0.4 is 10.6 Å². The Balaban J connectivity index is 3.28. The van der Waals surface area contributed by atoms with E-state index in [9.17, 15) is 9.59 Å². The first-order chi connectivity index (χ1) is 8.93. The lowest BCUT2D eigenvalue weighted by Crippen LogP contribution is -2.28. The number of hydrogen-bond donors (Lipinski definition) is 2. The summed E-state index contributed by atoms with van der Waals surface area (Å²) in [6, 6.07) is 0. The number of carbonyl (C=O) groups is 2. The second-order valence-electron chi connectivity index (χ2n) is 5.81. The molecule has 0 aliphatic carbocycles. The highest BCUT2D eigenvalue weighted by atomic mass is 16.2. The SMILES string of the molecule is CC(C)CC(=O)NCCCCCCNC(=O)C(C)C. The van der Waals surface area contributed by atoms with Crippen molar-refractivity contribution in [2.45, 2.75) is 59.8 Å². The Bertz CT molecular complexity index is 263. The van der Waals surface area contributed by atoms with Crippen LogP contribution in [0.4, 0.5) is 0 Å². The molecule has 0 aliphatic heterocycles. The molecule has 0 unspecified atom stereocenters. The highest BCUT2D eigenvalue weighted by molar-refractivity contribution is 5.77. The third kappa shape index (κ3) is 11.7. The van der Waals surface area contributed by atoms with Crippen molar-refractivity contribution in [3.05, 3.63) is 0 Å². The standard InChI is InChI=1S/C15H30N2O2/c1-12(2)11-14(18)16-9-7-5-6-8-10-17-15(19)13(3)4/h12-13H,5-11H2,1-4H3,(H,16,18)(H,17,19). The van der Waals surface area contributed by atoms with Crippen molar-refractivity contribution in [1.29, 1.82) is 0 Å². The van der Waals surface area contributed by atoms with Crippen molar-refractivity contribution >= 4 is 11.8 Å². The van der Waals surface area contributed by atoms with Gasteiger partial charge in [-0.1, -0.05) is 40.5 Å². The quantitative estimate of drug-likeness (QED) is 0.599. The number of rotatable bonds is 10. The van der Waals surface area contributed by atoms with Gasteiger partial charge in [-0.05, 0) is 18.8 Å². The first-order valence-electron chi connectivity index (χ1n) is 7.48. The molecule has 0 saturated heterocycles. The van der Waals surface area contributed by atoms with Gasteiger partial charge >= 0.3 is 0 Å².